The summed E-state index contributed by atoms with van der Waals surface area (Å²) in [5.74, 6) is 0.0675. The van der Waals surface area contributed by atoms with Gasteiger partial charge in [0.2, 0.25) is 0 Å². The molecule has 1 aromatic heterocycles. The molecule has 0 bridgehead atoms. The van der Waals surface area contributed by atoms with Gasteiger partial charge in [0.15, 0.2) is 11.6 Å². The average Bonchev–Trinajstić information content (AvgIpc) is 2.29. The fraction of sp³-hybridized carbons (Fsp3) is 0. The number of hydrogen-bond acceptors (Lipinski definition) is 3. The third-order valence-corrected chi connectivity index (χ3v) is 1.76. The Balaban J connectivity index is 2.23. The number of rotatable bonds is 2. The quantitative estimate of drug-likeness (QED) is 0.683. The minimum atomic E-state index is -0.391. The Bertz CT molecular complexity index is 468. The minimum Gasteiger partial charge on any atom is -0.236 e. The third kappa shape index (κ3) is 2.43. The van der Waals surface area contributed by atoms with Crippen LogP contribution >= 0.6 is 0 Å². The lowest BCUT2D eigenvalue weighted by molar-refractivity contribution is 0.628. The summed E-state index contributed by atoms with van der Waals surface area (Å²) in [4.78, 5) is 3.94. The predicted molar refractivity (Wildman–Crippen MR) is 54.8 cm³/mol. The molecule has 15 heavy (non-hydrogen) atoms. The normalized spacial score (nSPS) is 10.7. The zero-order valence-electron chi connectivity index (χ0n) is 7.84. The van der Waals surface area contributed by atoms with Crippen molar-refractivity contribution in [2.24, 2.45) is 10.2 Å². The molecule has 3 nitrogen and oxygen atoms in total. The summed E-state index contributed by atoms with van der Waals surface area (Å²) in [5, 5.41) is 7.57. The first-order valence-electron chi connectivity index (χ1n) is 4.43. The Morgan fingerprint density at radius 1 is 0.933 bits per heavy atom. The lowest BCUT2D eigenvalue weighted by Crippen LogP contribution is -1.73. The summed E-state index contributed by atoms with van der Waals surface area (Å²) < 4.78 is 13.1. The highest BCUT2D eigenvalue weighted by molar-refractivity contribution is 5.38. The highest BCUT2D eigenvalue weighted by Crippen LogP contribution is 2.19. The molecule has 4 heteroatoms. The van der Waals surface area contributed by atoms with Gasteiger partial charge in [-0.2, -0.15) is 0 Å². The monoisotopic (exact) mass is 201 g/mol. The van der Waals surface area contributed by atoms with E-state index in [1.165, 1.54) is 6.07 Å². The van der Waals surface area contributed by atoms with Gasteiger partial charge in [-0.3, -0.25) is 0 Å². The Labute approximate surface area is 86.3 Å². The number of aromatic nitrogens is 1. The lowest BCUT2D eigenvalue weighted by atomic mass is 10.3. The van der Waals surface area contributed by atoms with Crippen molar-refractivity contribution in [3.8, 4) is 0 Å². The van der Waals surface area contributed by atoms with Crippen LogP contribution in [0.2, 0.25) is 0 Å². The van der Waals surface area contributed by atoms with Gasteiger partial charge in [-0.05, 0) is 24.3 Å². The van der Waals surface area contributed by atoms with Crippen molar-refractivity contribution in [3.05, 3.63) is 54.5 Å². The Hall–Kier alpha value is -2.10. The number of hydrogen-bond donors (Lipinski definition) is 0. The van der Waals surface area contributed by atoms with Crippen LogP contribution in [0.25, 0.3) is 0 Å². The van der Waals surface area contributed by atoms with Crippen molar-refractivity contribution in [1.82, 2.24) is 4.98 Å². The lowest BCUT2D eigenvalue weighted by Gasteiger charge is -1.93. The topological polar surface area (TPSA) is 37.6 Å². The molecule has 0 unspecified atom stereocenters. The van der Waals surface area contributed by atoms with Crippen molar-refractivity contribution >= 4 is 11.5 Å². The summed E-state index contributed by atoms with van der Waals surface area (Å²) in [7, 11) is 0. The highest BCUT2D eigenvalue weighted by Gasteiger charge is 1.97. The summed E-state index contributed by atoms with van der Waals surface area (Å²) in [6.45, 7) is 0. The summed E-state index contributed by atoms with van der Waals surface area (Å²) >= 11 is 0. The number of benzene rings is 1. The van der Waals surface area contributed by atoms with E-state index in [1.54, 1.807) is 42.6 Å². The molecule has 1 heterocycles. The van der Waals surface area contributed by atoms with Crippen LogP contribution in [-0.2, 0) is 0 Å². The summed E-state index contributed by atoms with van der Waals surface area (Å²) in [6, 6.07) is 11.5. The van der Waals surface area contributed by atoms with Gasteiger partial charge in [-0.25, -0.2) is 9.37 Å². The van der Waals surface area contributed by atoms with Gasteiger partial charge in [-0.1, -0.05) is 18.2 Å². The van der Waals surface area contributed by atoms with Crippen LogP contribution in [0, 0.1) is 5.82 Å². The molecule has 0 saturated heterocycles. The van der Waals surface area contributed by atoms with Crippen LogP contribution in [0.1, 0.15) is 0 Å². The smallest absolute Gasteiger partial charge is 0.174 e. The molecule has 1 aromatic carbocycles. The van der Waals surface area contributed by atoms with Crippen LogP contribution < -0.4 is 0 Å². The number of nitrogens with zero attached hydrogens (tertiary/aromatic N) is 3. The SMILES string of the molecule is Fc1ccccc1N=Nc1ccccn1. The first-order valence-corrected chi connectivity index (χ1v) is 4.43. The van der Waals surface area contributed by atoms with E-state index in [1.807, 2.05) is 0 Å². The van der Waals surface area contributed by atoms with E-state index in [0.717, 1.165) is 0 Å². The van der Waals surface area contributed by atoms with E-state index < -0.39 is 5.82 Å². The summed E-state index contributed by atoms with van der Waals surface area (Å²) in [6.07, 6.45) is 1.61. The molecular weight excluding hydrogens is 193 g/mol. The predicted octanol–water partition coefficient (Wildman–Crippen LogP) is 3.64. The molecule has 0 amide bonds. The fourth-order valence-corrected chi connectivity index (χ4v) is 1.05. The average molecular weight is 201 g/mol. The molecule has 0 atom stereocenters. The van der Waals surface area contributed by atoms with E-state index in [0.29, 0.717) is 5.82 Å². The molecule has 0 radical (unpaired) electrons. The van der Waals surface area contributed by atoms with Crippen LogP contribution in [0.3, 0.4) is 0 Å². The Kier molecular flexibility index (Phi) is 2.78. The molecule has 0 aliphatic rings. The van der Waals surface area contributed by atoms with Crippen molar-refractivity contribution in [3.63, 3.8) is 0 Å². The Morgan fingerprint density at radius 3 is 2.47 bits per heavy atom. The van der Waals surface area contributed by atoms with Gasteiger partial charge in [0.25, 0.3) is 0 Å². The standard InChI is InChI=1S/C11H8FN3/c12-9-5-1-2-6-10(9)14-15-11-7-3-4-8-13-11/h1-8H. The van der Waals surface area contributed by atoms with Crippen LogP contribution in [0.5, 0.6) is 0 Å². The largest absolute Gasteiger partial charge is 0.236 e. The van der Waals surface area contributed by atoms with Crippen LogP contribution in [0.4, 0.5) is 15.9 Å². The second-order valence-corrected chi connectivity index (χ2v) is 2.84. The fourth-order valence-electron chi connectivity index (χ4n) is 1.05. The van der Waals surface area contributed by atoms with Crippen molar-refractivity contribution < 1.29 is 4.39 Å². The first kappa shape index (κ1) is 9.45. The van der Waals surface area contributed by atoms with Gasteiger partial charge in [0.05, 0.1) is 0 Å². The number of azo groups is 1. The maximum absolute atomic E-state index is 13.1. The van der Waals surface area contributed by atoms with Gasteiger partial charge in [-0.15, -0.1) is 10.2 Å². The highest BCUT2D eigenvalue weighted by atomic mass is 19.1. The van der Waals surface area contributed by atoms with E-state index in [4.69, 9.17) is 0 Å². The molecule has 74 valence electrons. The van der Waals surface area contributed by atoms with Crippen molar-refractivity contribution in [1.29, 1.82) is 0 Å². The minimum absolute atomic E-state index is 0.211. The van der Waals surface area contributed by atoms with Gasteiger partial charge in [0, 0.05) is 6.20 Å². The van der Waals surface area contributed by atoms with Gasteiger partial charge >= 0.3 is 0 Å². The molecule has 0 saturated carbocycles. The first-order chi connectivity index (χ1) is 7.36. The third-order valence-electron chi connectivity index (χ3n) is 1.76. The second-order valence-electron chi connectivity index (χ2n) is 2.84. The maximum Gasteiger partial charge on any atom is 0.174 e. The molecule has 0 N–H and O–H groups in total. The molecule has 0 fully saturated rings. The number of halogens is 1. The molecular formula is C11H8FN3. The van der Waals surface area contributed by atoms with Crippen molar-refractivity contribution in [2.75, 3.05) is 0 Å². The number of pyridine rings is 1. The molecule has 2 aromatic rings. The zero-order chi connectivity index (χ0) is 10.5. The van der Waals surface area contributed by atoms with E-state index in [-0.39, 0.29) is 5.69 Å². The molecule has 0 spiro atoms. The van der Waals surface area contributed by atoms with Crippen LogP contribution in [-0.4, -0.2) is 4.98 Å². The maximum atomic E-state index is 13.1. The van der Waals surface area contributed by atoms with Crippen LogP contribution in [0.15, 0.2) is 58.9 Å². The van der Waals surface area contributed by atoms with Gasteiger partial charge < -0.3 is 0 Å². The Morgan fingerprint density at radius 2 is 1.73 bits per heavy atom. The van der Waals surface area contributed by atoms with Crippen molar-refractivity contribution in [2.45, 2.75) is 0 Å². The molecule has 2 rings (SSSR count). The van der Waals surface area contributed by atoms with E-state index in [9.17, 15) is 4.39 Å². The zero-order valence-corrected chi connectivity index (χ0v) is 7.84. The van der Waals surface area contributed by atoms with Gasteiger partial charge in [0.1, 0.15) is 5.69 Å². The van der Waals surface area contributed by atoms with E-state index >= 15 is 0 Å². The molecule has 0 aliphatic heterocycles. The van der Waals surface area contributed by atoms with E-state index in [2.05, 4.69) is 15.2 Å². The second kappa shape index (κ2) is 4.41. The molecule has 0 aliphatic carbocycles. The summed E-state index contributed by atoms with van der Waals surface area (Å²) in [5.41, 5.74) is 0.211.